The highest BCUT2D eigenvalue weighted by atomic mass is 19.4. The van der Waals surface area contributed by atoms with E-state index in [1.807, 2.05) is 20.8 Å². The molecule has 0 radical (unpaired) electrons. The van der Waals surface area contributed by atoms with Gasteiger partial charge in [-0.15, -0.1) is 0 Å². The summed E-state index contributed by atoms with van der Waals surface area (Å²) in [4.78, 5) is 35.1. The van der Waals surface area contributed by atoms with E-state index >= 15 is 0 Å². The molecule has 0 aromatic carbocycles. The van der Waals surface area contributed by atoms with Gasteiger partial charge >= 0.3 is 6.18 Å². The van der Waals surface area contributed by atoms with Gasteiger partial charge in [-0.2, -0.15) is 13.2 Å². The highest BCUT2D eigenvalue weighted by molar-refractivity contribution is 5.87. The molecule has 2 unspecified atom stereocenters. The van der Waals surface area contributed by atoms with Gasteiger partial charge in [-0.3, -0.25) is 14.6 Å². The number of carbonyl (C=O) groups is 2. The first kappa shape index (κ1) is 30.2. The Labute approximate surface area is 239 Å². The minimum absolute atomic E-state index is 0.0135. The van der Waals surface area contributed by atoms with Gasteiger partial charge in [0.05, 0.1) is 29.3 Å². The molecule has 0 N–H and O–H groups in total. The van der Waals surface area contributed by atoms with Crippen LogP contribution in [-0.2, 0) is 42.9 Å². The third-order valence-electron chi connectivity index (χ3n) is 9.41. The Hall–Kier alpha value is -2.24. The average Bonchev–Trinajstić information content (AvgIpc) is 3.45. The van der Waals surface area contributed by atoms with Gasteiger partial charge in [0.25, 0.3) is 0 Å². The van der Waals surface area contributed by atoms with Crippen molar-refractivity contribution in [1.29, 1.82) is 0 Å². The number of rotatable bonds is 6. The van der Waals surface area contributed by atoms with Gasteiger partial charge in [-0.05, 0) is 75.8 Å². The van der Waals surface area contributed by atoms with E-state index in [4.69, 9.17) is 14.2 Å². The van der Waals surface area contributed by atoms with Crippen molar-refractivity contribution in [3.63, 3.8) is 0 Å². The number of nitrogens with zero attached hydrogens (tertiary/aromatic N) is 3. The van der Waals surface area contributed by atoms with Crippen LogP contribution in [0, 0.1) is 23.2 Å². The number of halogens is 3. The lowest BCUT2D eigenvalue weighted by Crippen LogP contribution is -2.49. The Bertz CT molecular complexity index is 1140. The summed E-state index contributed by atoms with van der Waals surface area (Å²) in [6.45, 7) is 8.19. The summed E-state index contributed by atoms with van der Waals surface area (Å²) in [5, 5.41) is 0. The minimum atomic E-state index is -4.50. The van der Waals surface area contributed by atoms with Crippen molar-refractivity contribution >= 4 is 11.8 Å². The SMILES string of the molecule is COC1COCCC1C[C@@H]1C[C@H]2CN(C(=O)COC(C)(C)C)C[C@@]2(C(=O)N2CCc3ncc(C(F)(F)F)cc3C2)C1. The molecular formula is C30H42F3N3O5. The molecule has 0 bridgehead atoms. The van der Waals surface area contributed by atoms with Crippen molar-refractivity contribution in [2.24, 2.45) is 23.2 Å². The molecule has 3 fully saturated rings. The largest absolute Gasteiger partial charge is 0.417 e. The van der Waals surface area contributed by atoms with Crippen molar-refractivity contribution in [1.82, 2.24) is 14.8 Å². The number of hydrogen-bond acceptors (Lipinski definition) is 6. The van der Waals surface area contributed by atoms with E-state index < -0.39 is 22.8 Å². The quantitative estimate of drug-likeness (QED) is 0.504. The third kappa shape index (κ3) is 6.41. The fourth-order valence-electron chi connectivity index (χ4n) is 7.36. The summed E-state index contributed by atoms with van der Waals surface area (Å²) in [5.74, 6) is 0.431. The van der Waals surface area contributed by atoms with Crippen molar-refractivity contribution in [3.05, 3.63) is 29.1 Å². The van der Waals surface area contributed by atoms with Crippen molar-refractivity contribution in [2.45, 2.75) is 77.3 Å². The van der Waals surface area contributed by atoms with E-state index in [1.165, 1.54) is 0 Å². The first-order valence-electron chi connectivity index (χ1n) is 14.7. The number of hydrogen-bond donors (Lipinski definition) is 0. The van der Waals surface area contributed by atoms with Gasteiger partial charge < -0.3 is 24.0 Å². The smallest absolute Gasteiger partial charge is 0.379 e. The van der Waals surface area contributed by atoms with Crippen LogP contribution in [0.3, 0.4) is 0 Å². The standard InChI is InChI=1S/C30H42F3N3O5/c1-28(2,3)41-17-26(37)36-15-23-10-19(9-20-6-8-40-16-25(20)39-4)12-29(23,18-36)27(38)35-7-5-24-21(14-35)11-22(13-34-24)30(31,32)33/h11,13,19-20,23,25H,5-10,12,14-18H2,1-4H3/t19-,20?,23+,25?,29+/m1/s1. The molecule has 4 heterocycles. The average molecular weight is 582 g/mol. The maximum atomic E-state index is 14.4. The summed E-state index contributed by atoms with van der Waals surface area (Å²) in [7, 11) is 1.71. The lowest BCUT2D eigenvalue weighted by Gasteiger charge is -2.37. The molecular weight excluding hydrogens is 539 g/mol. The van der Waals surface area contributed by atoms with E-state index in [-0.39, 0.29) is 37.0 Å². The first-order chi connectivity index (χ1) is 19.3. The molecule has 0 spiro atoms. The predicted molar refractivity (Wildman–Crippen MR) is 144 cm³/mol. The normalized spacial score (nSPS) is 30.3. The Morgan fingerprint density at radius 3 is 2.71 bits per heavy atom. The fraction of sp³-hybridized carbons (Fsp3) is 0.767. The van der Waals surface area contributed by atoms with Crippen LogP contribution in [0.25, 0.3) is 0 Å². The Kier molecular flexibility index (Phi) is 8.44. The molecule has 1 saturated carbocycles. The van der Waals surface area contributed by atoms with Crippen LogP contribution >= 0.6 is 0 Å². The maximum Gasteiger partial charge on any atom is 0.417 e. The van der Waals surface area contributed by atoms with Crippen LogP contribution in [0.2, 0.25) is 0 Å². The van der Waals surface area contributed by atoms with E-state index in [2.05, 4.69) is 4.98 Å². The van der Waals surface area contributed by atoms with Gasteiger partial charge in [0, 0.05) is 58.2 Å². The van der Waals surface area contributed by atoms with Crippen LogP contribution < -0.4 is 0 Å². The van der Waals surface area contributed by atoms with Gasteiger partial charge in [0.2, 0.25) is 11.8 Å². The number of aromatic nitrogens is 1. The second kappa shape index (κ2) is 11.4. The van der Waals surface area contributed by atoms with Crippen LogP contribution in [-0.4, -0.2) is 84.9 Å². The number of likely N-dealkylation sites (tertiary alicyclic amines) is 1. The summed E-state index contributed by atoms with van der Waals surface area (Å²) in [5.41, 5.74) is -0.981. The number of fused-ring (bicyclic) bond motifs is 2. The molecule has 4 aliphatic rings. The zero-order valence-electron chi connectivity index (χ0n) is 24.5. The zero-order valence-corrected chi connectivity index (χ0v) is 24.5. The highest BCUT2D eigenvalue weighted by Gasteiger charge is 2.59. The number of carbonyl (C=O) groups excluding carboxylic acids is 2. The summed E-state index contributed by atoms with van der Waals surface area (Å²) in [6.07, 6.45) is 0.119. The van der Waals surface area contributed by atoms with Crippen LogP contribution in [0.5, 0.6) is 0 Å². The molecule has 1 aromatic rings. The zero-order chi connectivity index (χ0) is 29.6. The summed E-state index contributed by atoms with van der Waals surface area (Å²) < 4.78 is 57.2. The second-order valence-electron chi connectivity index (χ2n) is 13.3. The molecule has 8 nitrogen and oxygen atoms in total. The topological polar surface area (TPSA) is 81.2 Å². The second-order valence-corrected chi connectivity index (χ2v) is 13.3. The monoisotopic (exact) mass is 581 g/mol. The van der Waals surface area contributed by atoms with Gasteiger partial charge in [-0.25, -0.2) is 0 Å². The number of amides is 2. The first-order valence-corrected chi connectivity index (χ1v) is 14.7. The molecule has 11 heteroatoms. The molecule has 228 valence electrons. The lowest BCUT2D eigenvalue weighted by atomic mass is 9.78. The molecule has 2 amide bonds. The number of methoxy groups -OCH3 is 1. The molecule has 41 heavy (non-hydrogen) atoms. The minimum Gasteiger partial charge on any atom is -0.379 e. The molecule has 1 aliphatic carbocycles. The Morgan fingerprint density at radius 2 is 2.00 bits per heavy atom. The lowest BCUT2D eigenvalue weighted by molar-refractivity contribution is -0.145. The van der Waals surface area contributed by atoms with E-state index in [9.17, 15) is 22.8 Å². The van der Waals surface area contributed by atoms with Crippen LogP contribution in [0.1, 0.15) is 63.3 Å². The van der Waals surface area contributed by atoms with Crippen LogP contribution in [0.4, 0.5) is 13.2 Å². The fourth-order valence-corrected chi connectivity index (χ4v) is 7.36. The van der Waals surface area contributed by atoms with Crippen LogP contribution in [0.15, 0.2) is 12.3 Å². The highest BCUT2D eigenvalue weighted by Crippen LogP contribution is 2.54. The van der Waals surface area contributed by atoms with Crippen molar-refractivity contribution in [2.75, 3.05) is 46.6 Å². The van der Waals surface area contributed by atoms with E-state index in [0.29, 0.717) is 68.8 Å². The number of pyridine rings is 1. The summed E-state index contributed by atoms with van der Waals surface area (Å²) >= 11 is 0. The van der Waals surface area contributed by atoms with E-state index in [0.717, 1.165) is 31.5 Å². The van der Waals surface area contributed by atoms with Gasteiger partial charge in [-0.1, -0.05) is 0 Å². The molecule has 2 saturated heterocycles. The van der Waals surface area contributed by atoms with Crippen molar-refractivity contribution in [3.8, 4) is 0 Å². The van der Waals surface area contributed by atoms with Gasteiger partial charge in [0.1, 0.15) is 6.61 Å². The number of alkyl halides is 3. The molecule has 5 rings (SSSR count). The van der Waals surface area contributed by atoms with Gasteiger partial charge in [0.15, 0.2) is 0 Å². The number of ether oxygens (including phenoxy) is 3. The summed E-state index contributed by atoms with van der Waals surface area (Å²) in [6, 6.07) is 1.12. The molecule has 3 aliphatic heterocycles. The Morgan fingerprint density at radius 1 is 1.22 bits per heavy atom. The van der Waals surface area contributed by atoms with E-state index in [1.54, 1.807) is 16.9 Å². The maximum absolute atomic E-state index is 14.4. The molecule has 5 atom stereocenters. The third-order valence-corrected chi connectivity index (χ3v) is 9.41. The Balaban J connectivity index is 1.36. The van der Waals surface area contributed by atoms with Crippen molar-refractivity contribution < 1.29 is 37.0 Å². The predicted octanol–water partition coefficient (Wildman–Crippen LogP) is 4.10. The molecule has 1 aromatic heterocycles.